The Hall–Kier alpha value is -0.600. The summed E-state index contributed by atoms with van der Waals surface area (Å²) in [6.07, 6.45) is 0. The summed E-state index contributed by atoms with van der Waals surface area (Å²) in [4.78, 5) is 0. The number of hydrogen-bond acceptors (Lipinski definition) is 1. The van der Waals surface area contributed by atoms with Crippen LogP contribution in [0.4, 0.5) is 4.39 Å². The van der Waals surface area contributed by atoms with Crippen molar-refractivity contribution in [3.05, 3.63) is 34.6 Å². The standard InChI is InChI=1S/C12H17ClFN/c1-4-15-8-12(2,3)11-9(13)6-5-7-10(11)14/h5-7,15H,4,8H2,1-3H3. The summed E-state index contributed by atoms with van der Waals surface area (Å²) in [6.45, 7) is 7.58. The van der Waals surface area contributed by atoms with Gasteiger partial charge in [0, 0.05) is 22.5 Å². The van der Waals surface area contributed by atoms with Crippen molar-refractivity contribution in [2.75, 3.05) is 13.1 Å². The average Bonchev–Trinajstić information content (AvgIpc) is 2.14. The average molecular weight is 230 g/mol. The highest BCUT2D eigenvalue weighted by Crippen LogP contribution is 2.31. The normalized spacial score (nSPS) is 11.8. The van der Waals surface area contributed by atoms with Crippen LogP contribution >= 0.6 is 11.6 Å². The Bertz CT molecular complexity index is 316. The molecule has 0 unspecified atom stereocenters. The fraction of sp³-hybridized carbons (Fsp3) is 0.500. The second-order valence-electron chi connectivity index (χ2n) is 4.26. The first-order valence-corrected chi connectivity index (χ1v) is 5.52. The van der Waals surface area contributed by atoms with Crippen molar-refractivity contribution in [2.24, 2.45) is 0 Å². The first-order chi connectivity index (χ1) is 6.99. The van der Waals surface area contributed by atoms with E-state index in [-0.39, 0.29) is 11.2 Å². The zero-order valence-corrected chi connectivity index (χ0v) is 10.2. The zero-order valence-electron chi connectivity index (χ0n) is 9.40. The molecule has 84 valence electrons. The molecule has 0 spiro atoms. The molecule has 0 saturated heterocycles. The van der Waals surface area contributed by atoms with Gasteiger partial charge >= 0.3 is 0 Å². The summed E-state index contributed by atoms with van der Waals surface area (Å²) < 4.78 is 13.7. The molecule has 0 heterocycles. The van der Waals surface area contributed by atoms with Gasteiger partial charge in [-0.05, 0) is 18.7 Å². The molecule has 15 heavy (non-hydrogen) atoms. The molecule has 1 N–H and O–H groups in total. The van der Waals surface area contributed by atoms with Crippen LogP contribution in [0.3, 0.4) is 0 Å². The Balaban J connectivity index is 3.03. The van der Waals surface area contributed by atoms with Gasteiger partial charge in [0.25, 0.3) is 0 Å². The molecule has 0 aliphatic carbocycles. The minimum absolute atomic E-state index is 0.231. The van der Waals surface area contributed by atoms with Gasteiger partial charge in [0.15, 0.2) is 0 Å². The van der Waals surface area contributed by atoms with E-state index < -0.39 is 0 Å². The van der Waals surface area contributed by atoms with E-state index in [9.17, 15) is 4.39 Å². The quantitative estimate of drug-likeness (QED) is 0.835. The molecular weight excluding hydrogens is 213 g/mol. The number of benzene rings is 1. The predicted molar refractivity (Wildman–Crippen MR) is 63.0 cm³/mol. The molecular formula is C12H17ClFN. The summed E-state index contributed by atoms with van der Waals surface area (Å²) in [7, 11) is 0. The van der Waals surface area contributed by atoms with Crippen molar-refractivity contribution < 1.29 is 4.39 Å². The van der Waals surface area contributed by atoms with Crippen LogP contribution in [0.1, 0.15) is 26.3 Å². The molecule has 1 aromatic rings. The van der Waals surface area contributed by atoms with E-state index in [1.54, 1.807) is 12.1 Å². The van der Waals surface area contributed by atoms with E-state index in [0.717, 1.165) is 6.54 Å². The zero-order chi connectivity index (χ0) is 11.5. The van der Waals surface area contributed by atoms with Gasteiger partial charge in [-0.1, -0.05) is 38.4 Å². The van der Waals surface area contributed by atoms with Gasteiger partial charge in [-0.2, -0.15) is 0 Å². The largest absolute Gasteiger partial charge is 0.316 e. The third kappa shape index (κ3) is 2.93. The molecule has 0 atom stereocenters. The van der Waals surface area contributed by atoms with Crippen LogP contribution in [-0.4, -0.2) is 13.1 Å². The van der Waals surface area contributed by atoms with Crippen LogP contribution in [-0.2, 0) is 5.41 Å². The highest BCUT2D eigenvalue weighted by atomic mass is 35.5. The molecule has 0 aliphatic heterocycles. The fourth-order valence-corrected chi connectivity index (χ4v) is 2.09. The van der Waals surface area contributed by atoms with Gasteiger partial charge in [0.2, 0.25) is 0 Å². The minimum atomic E-state index is -0.293. The number of hydrogen-bond donors (Lipinski definition) is 1. The lowest BCUT2D eigenvalue weighted by atomic mass is 9.84. The maximum atomic E-state index is 13.7. The van der Waals surface area contributed by atoms with E-state index in [2.05, 4.69) is 5.32 Å². The Morgan fingerprint density at radius 1 is 1.40 bits per heavy atom. The van der Waals surface area contributed by atoms with Crippen LogP contribution in [0.15, 0.2) is 18.2 Å². The van der Waals surface area contributed by atoms with Crippen molar-refractivity contribution in [1.82, 2.24) is 5.32 Å². The van der Waals surface area contributed by atoms with Crippen molar-refractivity contribution in [3.63, 3.8) is 0 Å². The van der Waals surface area contributed by atoms with Crippen LogP contribution in [0.25, 0.3) is 0 Å². The molecule has 0 aliphatic rings. The van der Waals surface area contributed by atoms with Gasteiger partial charge in [0.05, 0.1) is 0 Å². The molecule has 0 amide bonds. The lowest BCUT2D eigenvalue weighted by molar-refractivity contribution is 0.451. The van der Waals surface area contributed by atoms with E-state index in [4.69, 9.17) is 11.6 Å². The van der Waals surface area contributed by atoms with E-state index in [1.165, 1.54) is 6.07 Å². The Morgan fingerprint density at radius 3 is 2.60 bits per heavy atom. The van der Waals surface area contributed by atoms with E-state index in [0.29, 0.717) is 17.1 Å². The fourth-order valence-electron chi connectivity index (χ4n) is 1.67. The molecule has 1 nitrogen and oxygen atoms in total. The van der Waals surface area contributed by atoms with E-state index >= 15 is 0 Å². The molecule has 0 fully saturated rings. The molecule has 1 aromatic carbocycles. The SMILES string of the molecule is CCNCC(C)(C)c1c(F)cccc1Cl. The Labute approximate surface area is 95.6 Å². The van der Waals surface area contributed by atoms with Gasteiger partial charge in [-0.15, -0.1) is 0 Å². The molecule has 0 radical (unpaired) electrons. The van der Waals surface area contributed by atoms with Gasteiger partial charge in [-0.25, -0.2) is 4.39 Å². The van der Waals surface area contributed by atoms with Gasteiger partial charge in [0.1, 0.15) is 5.82 Å². The van der Waals surface area contributed by atoms with Crippen molar-refractivity contribution in [1.29, 1.82) is 0 Å². The number of halogens is 2. The number of likely N-dealkylation sites (N-methyl/N-ethyl adjacent to an activating group) is 1. The Morgan fingerprint density at radius 2 is 2.07 bits per heavy atom. The summed E-state index contributed by atoms with van der Waals surface area (Å²) in [6, 6.07) is 4.81. The third-order valence-electron chi connectivity index (χ3n) is 2.46. The van der Waals surface area contributed by atoms with Gasteiger partial charge < -0.3 is 5.32 Å². The first kappa shape index (κ1) is 12.5. The highest BCUT2D eigenvalue weighted by Gasteiger charge is 2.26. The molecule has 0 aromatic heterocycles. The van der Waals surface area contributed by atoms with Crippen LogP contribution in [0.5, 0.6) is 0 Å². The summed E-state index contributed by atoms with van der Waals surface area (Å²) in [5.41, 5.74) is 0.297. The maximum Gasteiger partial charge on any atom is 0.128 e. The topological polar surface area (TPSA) is 12.0 Å². The van der Waals surface area contributed by atoms with E-state index in [1.807, 2.05) is 20.8 Å². The summed E-state index contributed by atoms with van der Waals surface area (Å²) >= 11 is 6.03. The third-order valence-corrected chi connectivity index (χ3v) is 2.77. The molecule has 0 saturated carbocycles. The van der Waals surface area contributed by atoms with Gasteiger partial charge in [-0.3, -0.25) is 0 Å². The maximum absolute atomic E-state index is 13.7. The number of nitrogens with one attached hydrogen (secondary N) is 1. The summed E-state index contributed by atoms with van der Waals surface area (Å²) in [5, 5.41) is 3.71. The lowest BCUT2D eigenvalue weighted by Crippen LogP contribution is -2.33. The van der Waals surface area contributed by atoms with Crippen molar-refractivity contribution in [2.45, 2.75) is 26.2 Å². The highest BCUT2D eigenvalue weighted by molar-refractivity contribution is 6.31. The Kier molecular flexibility index (Phi) is 4.12. The molecule has 0 bridgehead atoms. The number of rotatable bonds is 4. The second kappa shape index (κ2) is 4.95. The minimum Gasteiger partial charge on any atom is -0.316 e. The molecule has 3 heteroatoms. The lowest BCUT2D eigenvalue weighted by Gasteiger charge is -2.27. The van der Waals surface area contributed by atoms with Crippen LogP contribution in [0.2, 0.25) is 5.02 Å². The van der Waals surface area contributed by atoms with Crippen LogP contribution < -0.4 is 5.32 Å². The summed E-state index contributed by atoms with van der Waals surface area (Å²) in [5.74, 6) is -0.231. The molecule has 1 rings (SSSR count). The predicted octanol–water partition coefficient (Wildman–Crippen LogP) is 3.37. The van der Waals surface area contributed by atoms with Crippen molar-refractivity contribution >= 4 is 11.6 Å². The first-order valence-electron chi connectivity index (χ1n) is 5.14. The monoisotopic (exact) mass is 229 g/mol. The smallest absolute Gasteiger partial charge is 0.128 e. The second-order valence-corrected chi connectivity index (χ2v) is 4.67. The van der Waals surface area contributed by atoms with Crippen molar-refractivity contribution in [3.8, 4) is 0 Å². The van der Waals surface area contributed by atoms with Crippen LogP contribution in [0, 0.1) is 5.82 Å².